The van der Waals surface area contributed by atoms with Crippen molar-refractivity contribution in [3.63, 3.8) is 0 Å². The number of carbonyl (C=O) groups excluding carboxylic acids is 1. The van der Waals surface area contributed by atoms with Gasteiger partial charge in [-0.25, -0.2) is 0 Å². The lowest BCUT2D eigenvalue weighted by molar-refractivity contribution is -0.116. The number of anilines is 3. The van der Waals surface area contributed by atoms with Gasteiger partial charge in [-0.3, -0.25) is 4.79 Å². The second kappa shape index (κ2) is 5.73. The van der Waals surface area contributed by atoms with Crippen molar-refractivity contribution in [2.45, 2.75) is 44.9 Å². The molecule has 2 aliphatic rings. The van der Waals surface area contributed by atoms with Crippen LogP contribution in [0.15, 0.2) is 12.1 Å². The predicted molar refractivity (Wildman–Crippen MR) is 82.9 cm³/mol. The van der Waals surface area contributed by atoms with Gasteiger partial charge >= 0.3 is 0 Å². The molecular formula is C16H23N3O. The van der Waals surface area contributed by atoms with E-state index in [1.807, 2.05) is 12.1 Å². The van der Waals surface area contributed by atoms with E-state index in [-0.39, 0.29) is 5.91 Å². The molecule has 1 saturated carbocycles. The smallest absolute Gasteiger partial charge is 0.224 e. The lowest BCUT2D eigenvalue weighted by Gasteiger charge is -2.20. The molecule has 108 valence electrons. The third-order valence-corrected chi connectivity index (χ3v) is 4.51. The number of aryl methyl sites for hydroxylation is 1. The summed E-state index contributed by atoms with van der Waals surface area (Å²) in [5.74, 6) is 0.972. The third-order valence-electron chi connectivity index (χ3n) is 4.51. The zero-order chi connectivity index (χ0) is 13.9. The highest BCUT2D eigenvalue weighted by molar-refractivity contribution is 5.95. The van der Waals surface area contributed by atoms with Crippen molar-refractivity contribution in [3.05, 3.63) is 17.7 Å². The summed E-state index contributed by atoms with van der Waals surface area (Å²) in [6.07, 6.45) is 8.07. The molecule has 0 saturated heterocycles. The molecule has 4 nitrogen and oxygen atoms in total. The van der Waals surface area contributed by atoms with E-state index in [2.05, 4.69) is 10.6 Å². The van der Waals surface area contributed by atoms with Crippen LogP contribution in [0.25, 0.3) is 0 Å². The number of nitrogens with two attached hydrogens (primary N) is 1. The van der Waals surface area contributed by atoms with Crippen LogP contribution in [-0.2, 0) is 11.2 Å². The van der Waals surface area contributed by atoms with Gasteiger partial charge in [0.05, 0.1) is 11.4 Å². The second-order valence-electron chi connectivity index (χ2n) is 6.01. The highest BCUT2D eigenvalue weighted by atomic mass is 16.1. The molecule has 1 amide bonds. The number of carbonyl (C=O) groups is 1. The number of amides is 1. The lowest BCUT2D eigenvalue weighted by atomic mass is 10.0. The van der Waals surface area contributed by atoms with Crippen LogP contribution in [-0.4, -0.2) is 12.5 Å². The first-order chi connectivity index (χ1) is 9.72. The number of hydrogen-bond donors (Lipinski definition) is 3. The first kappa shape index (κ1) is 13.3. The topological polar surface area (TPSA) is 67.2 Å². The monoisotopic (exact) mass is 273 g/mol. The van der Waals surface area contributed by atoms with Crippen molar-refractivity contribution >= 4 is 23.0 Å². The molecule has 4 N–H and O–H groups in total. The van der Waals surface area contributed by atoms with Crippen molar-refractivity contribution in [1.29, 1.82) is 0 Å². The Hall–Kier alpha value is -1.71. The third kappa shape index (κ3) is 2.89. The Morgan fingerprint density at radius 3 is 2.85 bits per heavy atom. The zero-order valence-corrected chi connectivity index (χ0v) is 11.9. The van der Waals surface area contributed by atoms with Crippen LogP contribution in [0.3, 0.4) is 0 Å². The number of nitrogen functional groups attached to an aromatic ring is 1. The summed E-state index contributed by atoms with van der Waals surface area (Å²) in [7, 11) is 0. The number of nitrogens with one attached hydrogen (secondary N) is 2. The SMILES string of the molecule is Nc1cc2c(cc1NCCC1CCCC1)NC(=O)CC2. The molecular weight excluding hydrogens is 250 g/mol. The van der Waals surface area contributed by atoms with Gasteiger partial charge in [-0.15, -0.1) is 0 Å². The minimum atomic E-state index is 0.0965. The summed E-state index contributed by atoms with van der Waals surface area (Å²) >= 11 is 0. The van der Waals surface area contributed by atoms with E-state index >= 15 is 0 Å². The van der Waals surface area contributed by atoms with E-state index in [0.29, 0.717) is 6.42 Å². The Labute approximate surface area is 120 Å². The molecule has 0 atom stereocenters. The van der Waals surface area contributed by atoms with E-state index in [0.717, 1.165) is 41.5 Å². The minimum Gasteiger partial charge on any atom is -0.397 e. The van der Waals surface area contributed by atoms with Gasteiger partial charge in [0.2, 0.25) is 5.91 Å². The van der Waals surface area contributed by atoms with Crippen LogP contribution >= 0.6 is 0 Å². The molecule has 0 spiro atoms. The molecule has 1 heterocycles. The molecule has 1 aromatic carbocycles. The summed E-state index contributed by atoms with van der Waals surface area (Å²) in [5.41, 5.74) is 9.89. The van der Waals surface area contributed by atoms with Crippen LogP contribution in [0.2, 0.25) is 0 Å². The zero-order valence-electron chi connectivity index (χ0n) is 11.9. The average molecular weight is 273 g/mol. The second-order valence-corrected chi connectivity index (χ2v) is 6.01. The van der Waals surface area contributed by atoms with Crippen LogP contribution < -0.4 is 16.4 Å². The quantitative estimate of drug-likeness (QED) is 0.738. The Kier molecular flexibility index (Phi) is 3.81. The molecule has 4 heteroatoms. The fraction of sp³-hybridized carbons (Fsp3) is 0.562. The molecule has 1 aromatic rings. The van der Waals surface area contributed by atoms with Gasteiger partial charge in [-0.1, -0.05) is 25.7 Å². The summed E-state index contributed by atoms with van der Waals surface area (Å²) < 4.78 is 0. The summed E-state index contributed by atoms with van der Waals surface area (Å²) in [5, 5.41) is 6.35. The maximum atomic E-state index is 11.4. The van der Waals surface area contributed by atoms with E-state index in [1.54, 1.807) is 0 Å². The molecule has 1 aliphatic carbocycles. The molecule has 1 aliphatic heterocycles. The van der Waals surface area contributed by atoms with Gasteiger partial charge in [0.15, 0.2) is 0 Å². The highest BCUT2D eigenvalue weighted by Gasteiger charge is 2.17. The maximum Gasteiger partial charge on any atom is 0.224 e. The highest BCUT2D eigenvalue weighted by Crippen LogP contribution is 2.32. The average Bonchev–Trinajstić information content (AvgIpc) is 2.93. The molecule has 0 radical (unpaired) electrons. The van der Waals surface area contributed by atoms with Crippen LogP contribution in [0.5, 0.6) is 0 Å². The van der Waals surface area contributed by atoms with Gasteiger partial charge in [0.25, 0.3) is 0 Å². The van der Waals surface area contributed by atoms with Gasteiger partial charge in [0, 0.05) is 18.7 Å². The van der Waals surface area contributed by atoms with Crippen molar-refractivity contribution in [1.82, 2.24) is 0 Å². The largest absolute Gasteiger partial charge is 0.397 e. The Morgan fingerprint density at radius 1 is 1.25 bits per heavy atom. The first-order valence-electron chi connectivity index (χ1n) is 7.68. The van der Waals surface area contributed by atoms with Crippen molar-refractivity contribution in [3.8, 4) is 0 Å². The van der Waals surface area contributed by atoms with Crippen molar-refractivity contribution < 1.29 is 4.79 Å². The van der Waals surface area contributed by atoms with E-state index < -0.39 is 0 Å². The van der Waals surface area contributed by atoms with Crippen LogP contribution in [0.1, 0.15) is 44.1 Å². The van der Waals surface area contributed by atoms with Crippen LogP contribution in [0, 0.1) is 5.92 Å². The molecule has 3 rings (SSSR count). The molecule has 1 fully saturated rings. The first-order valence-corrected chi connectivity index (χ1v) is 7.68. The Balaban J connectivity index is 1.63. The summed E-state index contributed by atoms with van der Waals surface area (Å²) in [6.45, 7) is 0.960. The number of hydrogen-bond acceptors (Lipinski definition) is 3. The van der Waals surface area contributed by atoms with Gasteiger partial charge < -0.3 is 16.4 Å². The fourth-order valence-corrected chi connectivity index (χ4v) is 3.31. The normalized spacial score (nSPS) is 18.7. The van der Waals surface area contributed by atoms with Gasteiger partial charge in [-0.05, 0) is 36.5 Å². The summed E-state index contributed by atoms with van der Waals surface area (Å²) in [4.78, 5) is 11.4. The lowest BCUT2D eigenvalue weighted by Crippen LogP contribution is -2.19. The summed E-state index contributed by atoms with van der Waals surface area (Å²) in [6, 6.07) is 3.98. The molecule has 20 heavy (non-hydrogen) atoms. The minimum absolute atomic E-state index is 0.0965. The van der Waals surface area contributed by atoms with E-state index in [9.17, 15) is 4.79 Å². The molecule has 0 bridgehead atoms. The maximum absolute atomic E-state index is 11.4. The van der Waals surface area contributed by atoms with Crippen LogP contribution in [0.4, 0.5) is 17.1 Å². The Morgan fingerprint density at radius 2 is 2.05 bits per heavy atom. The number of rotatable bonds is 4. The van der Waals surface area contributed by atoms with Crippen molar-refractivity contribution in [2.75, 3.05) is 22.9 Å². The fourth-order valence-electron chi connectivity index (χ4n) is 3.31. The van der Waals surface area contributed by atoms with Crippen molar-refractivity contribution in [2.24, 2.45) is 5.92 Å². The molecule has 0 unspecified atom stereocenters. The van der Waals surface area contributed by atoms with Gasteiger partial charge in [0.1, 0.15) is 0 Å². The molecule has 0 aromatic heterocycles. The standard InChI is InChI=1S/C16H23N3O/c17-13-9-12-5-6-16(20)19-14(12)10-15(13)18-8-7-11-3-1-2-4-11/h9-11,18H,1-8,17H2,(H,19,20). The Bertz CT molecular complexity index is 507. The van der Waals surface area contributed by atoms with Gasteiger partial charge in [-0.2, -0.15) is 0 Å². The number of benzene rings is 1. The predicted octanol–water partition coefficient (Wildman–Crippen LogP) is 3.15. The number of fused-ring (bicyclic) bond motifs is 1. The van der Waals surface area contributed by atoms with E-state index in [1.165, 1.54) is 32.1 Å². The van der Waals surface area contributed by atoms with E-state index in [4.69, 9.17) is 5.73 Å².